The number of aliphatic carboxylic acids is 1. The van der Waals surface area contributed by atoms with Crippen LogP contribution in [0.5, 0.6) is 0 Å². The van der Waals surface area contributed by atoms with Crippen molar-refractivity contribution < 1.29 is 14.7 Å². The van der Waals surface area contributed by atoms with Crippen molar-refractivity contribution in [2.24, 2.45) is 11.8 Å². The molecule has 2 saturated heterocycles. The lowest BCUT2D eigenvalue weighted by Gasteiger charge is -2.28. The zero-order valence-electron chi connectivity index (χ0n) is 10.8. The number of nitrogens with one attached hydrogen (secondary N) is 1. The quantitative estimate of drug-likeness (QED) is 0.682. The average Bonchev–Trinajstić information content (AvgIpc) is 2.73. The van der Waals surface area contributed by atoms with E-state index in [1.54, 1.807) is 4.90 Å². The molecule has 2 rings (SSSR count). The minimum atomic E-state index is -0.792. The number of likely N-dealkylation sites (tertiary alicyclic amines) is 1. The van der Waals surface area contributed by atoms with Crippen LogP contribution in [0.1, 0.15) is 6.92 Å². The molecule has 18 heavy (non-hydrogen) atoms. The highest BCUT2D eigenvalue weighted by Crippen LogP contribution is 2.23. The minimum absolute atomic E-state index is 0.0504. The van der Waals surface area contributed by atoms with Crippen LogP contribution in [0, 0.1) is 11.8 Å². The van der Waals surface area contributed by atoms with Gasteiger partial charge in [-0.2, -0.15) is 0 Å². The van der Waals surface area contributed by atoms with Crippen LogP contribution in [0.2, 0.25) is 0 Å². The number of carboxylic acids is 1. The molecule has 0 saturated carbocycles. The number of carbonyl (C=O) groups is 2. The van der Waals surface area contributed by atoms with Gasteiger partial charge in [0.1, 0.15) is 0 Å². The van der Waals surface area contributed by atoms with E-state index in [1.807, 2.05) is 6.92 Å². The van der Waals surface area contributed by atoms with Crippen LogP contribution in [0.25, 0.3) is 0 Å². The molecule has 2 N–H and O–H groups in total. The molecule has 1 amide bonds. The lowest BCUT2D eigenvalue weighted by Crippen LogP contribution is -2.48. The van der Waals surface area contributed by atoms with Crippen molar-refractivity contribution in [3.05, 3.63) is 0 Å². The Labute approximate surface area is 107 Å². The Morgan fingerprint density at radius 3 is 2.50 bits per heavy atom. The second kappa shape index (κ2) is 5.67. The van der Waals surface area contributed by atoms with Gasteiger partial charge in [-0.05, 0) is 5.92 Å². The van der Waals surface area contributed by atoms with E-state index in [1.165, 1.54) is 0 Å². The topological polar surface area (TPSA) is 72.9 Å². The Kier molecular flexibility index (Phi) is 4.19. The number of carbonyl (C=O) groups excluding carboxylic acids is 1. The number of carboxylic acid groups (broad SMARTS) is 1. The molecule has 2 heterocycles. The van der Waals surface area contributed by atoms with Crippen LogP contribution < -0.4 is 5.32 Å². The van der Waals surface area contributed by atoms with Crippen LogP contribution in [-0.4, -0.2) is 72.6 Å². The molecule has 0 spiro atoms. The maximum atomic E-state index is 12.1. The molecule has 0 aromatic rings. The Morgan fingerprint density at radius 2 is 1.94 bits per heavy atom. The van der Waals surface area contributed by atoms with E-state index in [4.69, 9.17) is 5.11 Å². The predicted molar refractivity (Wildman–Crippen MR) is 66.2 cm³/mol. The Balaban J connectivity index is 1.84. The van der Waals surface area contributed by atoms with Gasteiger partial charge in [0.2, 0.25) is 5.91 Å². The van der Waals surface area contributed by atoms with Crippen molar-refractivity contribution in [2.45, 2.75) is 6.92 Å². The summed E-state index contributed by atoms with van der Waals surface area (Å²) in [5, 5.41) is 12.3. The van der Waals surface area contributed by atoms with E-state index in [9.17, 15) is 9.59 Å². The summed E-state index contributed by atoms with van der Waals surface area (Å²) in [4.78, 5) is 26.9. The fourth-order valence-electron chi connectivity index (χ4n) is 2.65. The standard InChI is InChI=1S/C12H21N3O3/c1-9-6-15(7-10(9)12(17)18)11(16)8-14-4-2-13-3-5-14/h9-10,13H,2-8H2,1H3,(H,17,18). The summed E-state index contributed by atoms with van der Waals surface area (Å²) in [5.74, 6) is -1.08. The molecule has 6 heteroatoms. The van der Waals surface area contributed by atoms with Crippen LogP contribution in [-0.2, 0) is 9.59 Å². The smallest absolute Gasteiger partial charge is 0.308 e. The Morgan fingerprint density at radius 1 is 1.28 bits per heavy atom. The number of hydrogen-bond donors (Lipinski definition) is 2. The molecular formula is C12H21N3O3. The first-order chi connectivity index (χ1) is 8.58. The molecule has 2 aliphatic rings. The van der Waals surface area contributed by atoms with Crippen molar-refractivity contribution >= 4 is 11.9 Å². The van der Waals surface area contributed by atoms with E-state index in [0.717, 1.165) is 26.2 Å². The van der Waals surface area contributed by atoms with Crippen molar-refractivity contribution in [1.29, 1.82) is 0 Å². The molecule has 102 valence electrons. The molecule has 0 aliphatic carbocycles. The van der Waals surface area contributed by atoms with Gasteiger partial charge in [-0.25, -0.2) is 0 Å². The number of nitrogens with zero attached hydrogens (tertiary/aromatic N) is 2. The molecule has 2 fully saturated rings. The second-order valence-electron chi connectivity index (χ2n) is 5.25. The molecule has 2 atom stereocenters. The first-order valence-corrected chi connectivity index (χ1v) is 6.51. The fourth-order valence-corrected chi connectivity index (χ4v) is 2.65. The summed E-state index contributed by atoms with van der Waals surface area (Å²) in [5.41, 5.74) is 0. The van der Waals surface area contributed by atoms with E-state index in [2.05, 4.69) is 10.2 Å². The van der Waals surface area contributed by atoms with Crippen molar-refractivity contribution in [3.8, 4) is 0 Å². The molecule has 6 nitrogen and oxygen atoms in total. The van der Waals surface area contributed by atoms with Gasteiger partial charge in [0, 0.05) is 39.3 Å². The molecule has 2 unspecified atom stereocenters. The van der Waals surface area contributed by atoms with Crippen LogP contribution in [0.4, 0.5) is 0 Å². The van der Waals surface area contributed by atoms with Gasteiger partial charge in [-0.3, -0.25) is 14.5 Å². The molecule has 2 aliphatic heterocycles. The van der Waals surface area contributed by atoms with Crippen LogP contribution >= 0.6 is 0 Å². The van der Waals surface area contributed by atoms with E-state index < -0.39 is 11.9 Å². The van der Waals surface area contributed by atoms with Gasteiger partial charge >= 0.3 is 5.97 Å². The molecular weight excluding hydrogens is 234 g/mol. The van der Waals surface area contributed by atoms with Gasteiger partial charge in [0.15, 0.2) is 0 Å². The van der Waals surface area contributed by atoms with Crippen molar-refractivity contribution in [2.75, 3.05) is 45.8 Å². The lowest BCUT2D eigenvalue weighted by molar-refractivity contribution is -0.142. The van der Waals surface area contributed by atoms with Gasteiger partial charge in [0.25, 0.3) is 0 Å². The molecule has 0 bridgehead atoms. The summed E-state index contributed by atoms with van der Waals surface area (Å²) in [6.45, 7) is 6.86. The summed E-state index contributed by atoms with van der Waals surface area (Å²) in [7, 11) is 0. The third-order valence-electron chi connectivity index (χ3n) is 3.85. The highest BCUT2D eigenvalue weighted by atomic mass is 16.4. The monoisotopic (exact) mass is 255 g/mol. The number of piperazine rings is 1. The van der Waals surface area contributed by atoms with Gasteiger partial charge in [-0.1, -0.05) is 6.92 Å². The zero-order chi connectivity index (χ0) is 13.1. The summed E-state index contributed by atoms with van der Waals surface area (Å²) < 4.78 is 0. The summed E-state index contributed by atoms with van der Waals surface area (Å²) >= 11 is 0. The molecule has 0 aromatic heterocycles. The summed E-state index contributed by atoms with van der Waals surface area (Å²) in [6.07, 6.45) is 0. The number of amides is 1. The maximum absolute atomic E-state index is 12.1. The van der Waals surface area contributed by atoms with Crippen molar-refractivity contribution in [1.82, 2.24) is 15.1 Å². The first-order valence-electron chi connectivity index (χ1n) is 6.51. The maximum Gasteiger partial charge on any atom is 0.308 e. The predicted octanol–water partition coefficient (Wildman–Crippen LogP) is -0.929. The second-order valence-corrected chi connectivity index (χ2v) is 5.25. The third-order valence-corrected chi connectivity index (χ3v) is 3.85. The van der Waals surface area contributed by atoms with Gasteiger partial charge in [0.05, 0.1) is 12.5 Å². The molecule has 0 aromatic carbocycles. The molecule has 0 radical (unpaired) electrons. The minimum Gasteiger partial charge on any atom is -0.481 e. The largest absolute Gasteiger partial charge is 0.481 e. The Bertz CT molecular complexity index is 329. The summed E-state index contributed by atoms with van der Waals surface area (Å²) in [6, 6.07) is 0. The average molecular weight is 255 g/mol. The highest BCUT2D eigenvalue weighted by Gasteiger charge is 2.37. The first kappa shape index (κ1) is 13.3. The highest BCUT2D eigenvalue weighted by molar-refractivity contribution is 5.80. The lowest BCUT2D eigenvalue weighted by atomic mass is 9.99. The van der Waals surface area contributed by atoms with E-state index >= 15 is 0 Å². The zero-order valence-corrected chi connectivity index (χ0v) is 10.8. The Hall–Kier alpha value is -1.14. The van der Waals surface area contributed by atoms with E-state index in [0.29, 0.717) is 19.6 Å². The van der Waals surface area contributed by atoms with Gasteiger partial charge < -0.3 is 15.3 Å². The number of hydrogen-bond acceptors (Lipinski definition) is 4. The van der Waals surface area contributed by atoms with Gasteiger partial charge in [-0.15, -0.1) is 0 Å². The third kappa shape index (κ3) is 3.00. The normalized spacial score (nSPS) is 29.5. The van der Waals surface area contributed by atoms with E-state index in [-0.39, 0.29) is 11.8 Å². The van der Waals surface area contributed by atoms with Crippen LogP contribution in [0.3, 0.4) is 0 Å². The number of rotatable bonds is 3. The fraction of sp³-hybridized carbons (Fsp3) is 0.833. The van der Waals surface area contributed by atoms with Crippen LogP contribution in [0.15, 0.2) is 0 Å². The van der Waals surface area contributed by atoms with Crippen molar-refractivity contribution in [3.63, 3.8) is 0 Å². The SMILES string of the molecule is CC1CN(C(=O)CN2CCNCC2)CC1C(=O)O.